The summed E-state index contributed by atoms with van der Waals surface area (Å²) in [5.41, 5.74) is 2.18. The van der Waals surface area contributed by atoms with Gasteiger partial charge in [-0.25, -0.2) is 0 Å². The molecule has 3 nitrogen and oxygen atoms in total. The highest BCUT2D eigenvalue weighted by molar-refractivity contribution is 5.69. The zero-order valence-corrected chi connectivity index (χ0v) is 14.2. The Morgan fingerprint density at radius 3 is 2.32 bits per heavy atom. The second-order valence-electron chi connectivity index (χ2n) is 6.37. The van der Waals surface area contributed by atoms with E-state index in [0.29, 0.717) is 6.42 Å². The molecular weight excluding hydrogens is 276 g/mol. The minimum absolute atomic E-state index is 0.159. The van der Waals surface area contributed by atoms with E-state index >= 15 is 0 Å². The predicted molar refractivity (Wildman–Crippen MR) is 89.7 cm³/mol. The lowest BCUT2D eigenvalue weighted by molar-refractivity contribution is -0.140. The molecule has 0 aromatic heterocycles. The first kappa shape index (κ1) is 18.7. The topological polar surface area (TPSA) is 46.5 Å². The van der Waals surface area contributed by atoms with E-state index in [9.17, 15) is 9.90 Å². The van der Waals surface area contributed by atoms with Crippen molar-refractivity contribution < 1.29 is 14.6 Å². The van der Waals surface area contributed by atoms with Crippen LogP contribution < -0.4 is 0 Å². The first-order chi connectivity index (χ1) is 10.5. The molecule has 0 aliphatic carbocycles. The van der Waals surface area contributed by atoms with Gasteiger partial charge in [-0.3, -0.25) is 4.79 Å². The number of esters is 1. The summed E-state index contributed by atoms with van der Waals surface area (Å²) < 4.78 is 4.63. The SMILES string of the molecule is COC(=O)CCCc1ccc(C(O)CCCCC(C)C)cc1. The number of aryl methyl sites for hydroxylation is 1. The molecule has 0 spiro atoms. The Morgan fingerprint density at radius 1 is 1.09 bits per heavy atom. The number of hydrogen-bond acceptors (Lipinski definition) is 3. The lowest BCUT2D eigenvalue weighted by atomic mass is 9.98. The molecule has 0 bridgehead atoms. The minimum Gasteiger partial charge on any atom is -0.469 e. The van der Waals surface area contributed by atoms with Crippen molar-refractivity contribution >= 4 is 5.97 Å². The molecule has 3 heteroatoms. The zero-order chi connectivity index (χ0) is 16.4. The Bertz CT molecular complexity index is 423. The fourth-order valence-corrected chi connectivity index (χ4v) is 2.50. The van der Waals surface area contributed by atoms with Crippen LogP contribution in [0.25, 0.3) is 0 Å². The van der Waals surface area contributed by atoms with Gasteiger partial charge >= 0.3 is 5.97 Å². The third-order valence-corrected chi connectivity index (χ3v) is 3.95. The van der Waals surface area contributed by atoms with Crippen LogP contribution in [0.1, 0.15) is 69.6 Å². The van der Waals surface area contributed by atoms with Crippen molar-refractivity contribution in [3.05, 3.63) is 35.4 Å². The van der Waals surface area contributed by atoms with Crippen LogP contribution in [0, 0.1) is 5.92 Å². The van der Waals surface area contributed by atoms with Crippen molar-refractivity contribution in [1.82, 2.24) is 0 Å². The summed E-state index contributed by atoms with van der Waals surface area (Å²) in [4.78, 5) is 11.1. The number of aliphatic hydroxyl groups excluding tert-OH is 1. The monoisotopic (exact) mass is 306 g/mol. The van der Waals surface area contributed by atoms with Crippen molar-refractivity contribution in [2.75, 3.05) is 7.11 Å². The van der Waals surface area contributed by atoms with Crippen molar-refractivity contribution in [3.63, 3.8) is 0 Å². The van der Waals surface area contributed by atoms with Gasteiger partial charge in [0.2, 0.25) is 0 Å². The van der Waals surface area contributed by atoms with Crippen LogP contribution in [-0.2, 0) is 16.0 Å². The van der Waals surface area contributed by atoms with Crippen molar-refractivity contribution in [2.45, 2.75) is 64.9 Å². The van der Waals surface area contributed by atoms with E-state index in [2.05, 4.69) is 18.6 Å². The summed E-state index contributed by atoms with van der Waals surface area (Å²) in [6, 6.07) is 8.09. The number of aliphatic hydroxyl groups is 1. The number of rotatable bonds is 10. The lowest BCUT2D eigenvalue weighted by Gasteiger charge is -2.12. The molecule has 1 rings (SSSR count). The van der Waals surface area contributed by atoms with Crippen molar-refractivity contribution in [1.29, 1.82) is 0 Å². The molecule has 1 atom stereocenters. The number of ether oxygens (including phenoxy) is 1. The highest BCUT2D eigenvalue weighted by atomic mass is 16.5. The normalized spacial score (nSPS) is 12.4. The number of unbranched alkanes of at least 4 members (excludes halogenated alkanes) is 1. The van der Waals surface area contributed by atoms with Gasteiger partial charge in [-0.1, -0.05) is 57.4 Å². The summed E-state index contributed by atoms with van der Waals surface area (Å²) in [7, 11) is 1.42. The van der Waals surface area contributed by atoms with E-state index in [1.54, 1.807) is 0 Å². The Balaban J connectivity index is 2.32. The molecule has 0 radical (unpaired) electrons. The highest BCUT2D eigenvalue weighted by Gasteiger charge is 2.08. The van der Waals surface area contributed by atoms with Gasteiger partial charge in [0.05, 0.1) is 13.2 Å². The number of methoxy groups -OCH3 is 1. The van der Waals surface area contributed by atoms with Gasteiger partial charge in [0.25, 0.3) is 0 Å². The summed E-state index contributed by atoms with van der Waals surface area (Å²) in [6.45, 7) is 4.46. The van der Waals surface area contributed by atoms with E-state index in [-0.39, 0.29) is 12.1 Å². The number of carbonyl (C=O) groups is 1. The molecular formula is C19H30O3. The van der Waals surface area contributed by atoms with Crippen molar-refractivity contribution in [3.8, 4) is 0 Å². The summed E-state index contributed by atoms with van der Waals surface area (Å²) in [6.07, 6.45) is 6.05. The van der Waals surface area contributed by atoms with Crippen LogP contribution in [0.2, 0.25) is 0 Å². The number of carbonyl (C=O) groups excluding carboxylic acids is 1. The molecule has 22 heavy (non-hydrogen) atoms. The molecule has 0 fully saturated rings. The molecule has 0 saturated heterocycles. The Kier molecular flexibility index (Phi) is 8.83. The smallest absolute Gasteiger partial charge is 0.305 e. The van der Waals surface area contributed by atoms with Crippen LogP contribution in [0.5, 0.6) is 0 Å². The van der Waals surface area contributed by atoms with Gasteiger partial charge in [0.15, 0.2) is 0 Å². The average molecular weight is 306 g/mol. The molecule has 1 aromatic rings. The quantitative estimate of drug-likeness (QED) is 0.514. The van der Waals surface area contributed by atoms with E-state index in [1.165, 1.54) is 25.5 Å². The average Bonchev–Trinajstić information content (AvgIpc) is 2.51. The van der Waals surface area contributed by atoms with E-state index in [4.69, 9.17) is 0 Å². The maximum atomic E-state index is 11.1. The molecule has 1 N–H and O–H groups in total. The molecule has 0 aliphatic heterocycles. The first-order valence-corrected chi connectivity index (χ1v) is 8.36. The third kappa shape index (κ3) is 7.60. The summed E-state index contributed by atoms with van der Waals surface area (Å²) in [5, 5.41) is 10.2. The predicted octanol–water partition coefficient (Wildman–Crippen LogP) is 4.43. The van der Waals surface area contributed by atoms with E-state index in [1.807, 2.05) is 24.3 Å². The van der Waals surface area contributed by atoms with Crippen molar-refractivity contribution in [2.24, 2.45) is 5.92 Å². The molecule has 0 amide bonds. The van der Waals surface area contributed by atoms with Crippen LogP contribution >= 0.6 is 0 Å². The van der Waals surface area contributed by atoms with Crippen LogP contribution in [0.3, 0.4) is 0 Å². The van der Waals surface area contributed by atoms with Gasteiger partial charge in [0.1, 0.15) is 0 Å². The highest BCUT2D eigenvalue weighted by Crippen LogP contribution is 2.21. The second-order valence-corrected chi connectivity index (χ2v) is 6.37. The maximum absolute atomic E-state index is 11.1. The van der Waals surface area contributed by atoms with E-state index in [0.717, 1.165) is 37.2 Å². The minimum atomic E-state index is -0.365. The fraction of sp³-hybridized carbons (Fsp3) is 0.632. The second kappa shape index (κ2) is 10.4. The number of benzene rings is 1. The molecule has 1 aromatic carbocycles. The van der Waals surface area contributed by atoms with Gasteiger partial charge < -0.3 is 9.84 Å². The Labute approximate surface area is 134 Å². The molecule has 1 unspecified atom stereocenters. The standard InChI is InChI=1S/C19H30O3/c1-15(2)7-4-5-9-18(20)17-13-11-16(12-14-17)8-6-10-19(21)22-3/h11-15,18,20H,4-10H2,1-3H3. The largest absolute Gasteiger partial charge is 0.469 e. The molecule has 124 valence electrons. The molecule has 0 saturated carbocycles. The Hall–Kier alpha value is -1.35. The van der Waals surface area contributed by atoms with E-state index < -0.39 is 0 Å². The maximum Gasteiger partial charge on any atom is 0.305 e. The van der Waals surface area contributed by atoms with Crippen LogP contribution in [-0.4, -0.2) is 18.2 Å². The van der Waals surface area contributed by atoms with Gasteiger partial charge in [-0.15, -0.1) is 0 Å². The van der Waals surface area contributed by atoms with Crippen LogP contribution in [0.15, 0.2) is 24.3 Å². The fourth-order valence-electron chi connectivity index (χ4n) is 2.50. The summed E-state index contributed by atoms with van der Waals surface area (Å²) >= 11 is 0. The molecule has 0 heterocycles. The summed E-state index contributed by atoms with van der Waals surface area (Å²) in [5.74, 6) is 0.579. The number of hydrogen-bond donors (Lipinski definition) is 1. The third-order valence-electron chi connectivity index (χ3n) is 3.95. The van der Waals surface area contributed by atoms with Gasteiger partial charge in [-0.05, 0) is 36.3 Å². The van der Waals surface area contributed by atoms with Crippen LogP contribution in [0.4, 0.5) is 0 Å². The first-order valence-electron chi connectivity index (χ1n) is 8.36. The lowest BCUT2D eigenvalue weighted by Crippen LogP contribution is -2.01. The molecule has 0 aliphatic rings. The van der Waals surface area contributed by atoms with Gasteiger partial charge in [-0.2, -0.15) is 0 Å². The Morgan fingerprint density at radius 2 is 1.73 bits per heavy atom. The van der Waals surface area contributed by atoms with Gasteiger partial charge in [0, 0.05) is 6.42 Å². The zero-order valence-electron chi connectivity index (χ0n) is 14.2.